The topological polar surface area (TPSA) is 38.9 Å². The second-order valence-electron chi connectivity index (χ2n) is 10.3. The predicted octanol–water partition coefficient (Wildman–Crippen LogP) is 10.5. The highest BCUT2D eigenvalue weighted by Crippen LogP contribution is 2.48. The molecule has 9 aromatic rings. The molecule has 2 heterocycles. The molecule has 0 saturated carbocycles. The van der Waals surface area contributed by atoms with Gasteiger partial charge in [-0.15, -0.1) is 0 Å². The van der Waals surface area contributed by atoms with E-state index < -0.39 is 0 Å². The number of fused-ring (bicyclic) bond motifs is 12. The molecular weight excluding hydrogens is 512 g/mol. The van der Waals surface area contributed by atoms with Crippen LogP contribution >= 0.6 is 11.6 Å². The van der Waals surface area contributed by atoms with Crippen molar-refractivity contribution in [3.05, 3.63) is 120 Å². The first-order chi connectivity index (χ1) is 19.7. The third kappa shape index (κ3) is 2.95. The van der Waals surface area contributed by atoms with Crippen LogP contribution < -0.4 is 0 Å². The minimum atomic E-state index is 0.374. The van der Waals surface area contributed by atoms with Crippen molar-refractivity contribution >= 4 is 87.7 Å². The summed E-state index contributed by atoms with van der Waals surface area (Å²) in [6.07, 6.45) is 0. The van der Waals surface area contributed by atoms with Gasteiger partial charge in [0.15, 0.2) is 5.15 Å². The molecule has 7 aromatic carbocycles. The molecule has 0 bridgehead atoms. The van der Waals surface area contributed by atoms with Crippen LogP contribution in [0.3, 0.4) is 0 Å². The van der Waals surface area contributed by atoms with E-state index in [-0.39, 0.29) is 0 Å². The molecule has 40 heavy (non-hydrogen) atoms. The Kier molecular flexibility index (Phi) is 4.38. The van der Waals surface area contributed by atoms with Crippen molar-refractivity contribution in [1.29, 1.82) is 0 Å². The van der Waals surface area contributed by atoms with Gasteiger partial charge >= 0.3 is 0 Å². The van der Waals surface area contributed by atoms with Gasteiger partial charge < -0.3 is 4.42 Å². The van der Waals surface area contributed by atoms with Crippen LogP contribution in [0.25, 0.3) is 87.3 Å². The number of hydrogen-bond acceptors (Lipinski definition) is 3. The van der Waals surface area contributed by atoms with E-state index in [1.807, 2.05) is 24.3 Å². The molecular formula is C36H19ClN2O. The van der Waals surface area contributed by atoms with E-state index in [2.05, 4.69) is 91.0 Å². The third-order valence-corrected chi connectivity index (χ3v) is 8.35. The Labute approximate surface area is 233 Å². The zero-order valence-electron chi connectivity index (χ0n) is 21.2. The molecule has 2 aromatic heterocycles. The molecule has 0 unspecified atom stereocenters. The lowest BCUT2D eigenvalue weighted by Crippen LogP contribution is -1.94. The maximum Gasteiger partial charge on any atom is 0.156 e. The predicted molar refractivity (Wildman–Crippen MR) is 167 cm³/mol. The number of rotatable bonds is 1. The minimum absolute atomic E-state index is 0.374. The minimum Gasteiger partial charge on any atom is -0.455 e. The molecule has 4 heteroatoms. The van der Waals surface area contributed by atoms with Gasteiger partial charge in [0, 0.05) is 27.1 Å². The lowest BCUT2D eigenvalue weighted by Gasteiger charge is -2.15. The van der Waals surface area contributed by atoms with Gasteiger partial charge in [-0.3, -0.25) is 0 Å². The first-order valence-corrected chi connectivity index (χ1v) is 13.7. The molecule has 0 aliphatic heterocycles. The van der Waals surface area contributed by atoms with Crippen LogP contribution in [0.5, 0.6) is 0 Å². The smallest absolute Gasteiger partial charge is 0.156 e. The maximum atomic E-state index is 6.90. The fourth-order valence-electron chi connectivity index (χ4n) is 6.34. The van der Waals surface area contributed by atoms with Crippen molar-refractivity contribution < 1.29 is 4.42 Å². The molecule has 0 radical (unpaired) electrons. The highest BCUT2D eigenvalue weighted by atomic mass is 35.5. The van der Waals surface area contributed by atoms with Crippen LogP contribution in [-0.4, -0.2) is 9.97 Å². The van der Waals surface area contributed by atoms with Crippen molar-refractivity contribution in [1.82, 2.24) is 9.97 Å². The van der Waals surface area contributed by atoms with Gasteiger partial charge in [-0.25, -0.2) is 9.97 Å². The average molecular weight is 531 g/mol. The first-order valence-electron chi connectivity index (χ1n) is 13.3. The van der Waals surface area contributed by atoms with Gasteiger partial charge in [-0.05, 0) is 62.6 Å². The molecule has 186 valence electrons. The van der Waals surface area contributed by atoms with E-state index in [0.717, 1.165) is 70.9 Å². The normalized spacial score (nSPS) is 12.1. The van der Waals surface area contributed by atoms with E-state index in [0.29, 0.717) is 10.8 Å². The van der Waals surface area contributed by atoms with Gasteiger partial charge in [-0.2, -0.15) is 0 Å². The van der Waals surface area contributed by atoms with Gasteiger partial charge in [-0.1, -0.05) is 96.5 Å². The molecule has 0 aliphatic carbocycles. The van der Waals surface area contributed by atoms with Gasteiger partial charge in [0.1, 0.15) is 16.9 Å². The largest absolute Gasteiger partial charge is 0.455 e. The standard InChI is InChI=1S/C36H19ClN2O/c37-36-34(38-28-15-7-8-16-29(28)39-36)27-18-22-11-3-4-12-23(22)31-24-13-5-6-14-25(24)32-26-17-20-9-1-2-10-21(20)19-30(26)40-35(32)33(27)31/h1-19H. The van der Waals surface area contributed by atoms with Gasteiger partial charge in [0.25, 0.3) is 0 Å². The third-order valence-electron chi connectivity index (χ3n) is 8.08. The fraction of sp³-hybridized carbons (Fsp3) is 0. The molecule has 0 amide bonds. The van der Waals surface area contributed by atoms with Crippen molar-refractivity contribution in [2.24, 2.45) is 0 Å². The summed E-state index contributed by atoms with van der Waals surface area (Å²) in [7, 11) is 0. The summed E-state index contributed by atoms with van der Waals surface area (Å²) in [6, 6.07) is 39.9. The Morgan fingerprint density at radius 3 is 1.88 bits per heavy atom. The summed E-state index contributed by atoms with van der Waals surface area (Å²) in [5.41, 5.74) is 4.84. The number of hydrogen-bond donors (Lipinski definition) is 0. The molecule has 0 spiro atoms. The Balaban J connectivity index is 1.58. The van der Waals surface area contributed by atoms with Crippen molar-refractivity contribution in [2.45, 2.75) is 0 Å². The summed E-state index contributed by atoms with van der Waals surface area (Å²) in [5, 5.41) is 11.6. The van der Waals surface area contributed by atoms with Crippen molar-refractivity contribution in [3.63, 3.8) is 0 Å². The van der Waals surface area contributed by atoms with E-state index in [1.54, 1.807) is 0 Å². The molecule has 0 atom stereocenters. The monoisotopic (exact) mass is 530 g/mol. The van der Waals surface area contributed by atoms with Crippen molar-refractivity contribution in [2.75, 3.05) is 0 Å². The Morgan fingerprint density at radius 2 is 1.10 bits per heavy atom. The fourth-order valence-corrected chi connectivity index (χ4v) is 6.58. The molecule has 0 fully saturated rings. The lowest BCUT2D eigenvalue weighted by molar-refractivity contribution is 0.673. The average Bonchev–Trinajstić information content (AvgIpc) is 3.37. The number of nitrogens with zero attached hydrogens (tertiary/aromatic N) is 2. The molecule has 0 aliphatic rings. The summed E-state index contributed by atoms with van der Waals surface area (Å²) in [6.45, 7) is 0. The van der Waals surface area contributed by atoms with Crippen LogP contribution in [0.4, 0.5) is 0 Å². The molecule has 0 saturated heterocycles. The number of furan rings is 1. The lowest BCUT2D eigenvalue weighted by atomic mass is 9.89. The molecule has 0 N–H and O–H groups in total. The highest BCUT2D eigenvalue weighted by molar-refractivity contribution is 6.38. The van der Waals surface area contributed by atoms with Crippen LogP contribution in [0.2, 0.25) is 5.15 Å². The Hall–Kier alpha value is -4.99. The quantitative estimate of drug-likeness (QED) is 0.198. The number of para-hydroxylation sites is 2. The van der Waals surface area contributed by atoms with E-state index in [1.165, 1.54) is 10.8 Å². The van der Waals surface area contributed by atoms with Crippen LogP contribution in [0.1, 0.15) is 0 Å². The zero-order valence-corrected chi connectivity index (χ0v) is 21.9. The number of aromatic nitrogens is 2. The highest BCUT2D eigenvalue weighted by Gasteiger charge is 2.23. The Morgan fingerprint density at radius 1 is 0.500 bits per heavy atom. The second kappa shape index (κ2) is 8.01. The SMILES string of the molecule is Clc1nc2ccccc2nc1-c1cc2ccccc2c2c3ccccc3c3c4cc5ccccc5cc4oc3c12. The van der Waals surface area contributed by atoms with E-state index in [9.17, 15) is 0 Å². The van der Waals surface area contributed by atoms with Crippen LogP contribution in [0.15, 0.2) is 120 Å². The first kappa shape index (κ1) is 21.9. The van der Waals surface area contributed by atoms with Gasteiger partial charge in [0.05, 0.1) is 11.0 Å². The van der Waals surface area contributed by atoms with E-state index >= 15 is 0 Å². The van der Waals surface area contributed by atoms with E-state index in [4.69, 9.17) is 26.0 Å². The number of benzene rings is 7. The van der Waals surface area contributed by atoms with Crippen LogP contribution in [0, 0.1) is 0 Å². The summed E-state index contributed by atoms with van der Waals surface area (Å²) in [4.78, 5) is 9.78. The maximum absolute atomic E-state index is 6.90. The Bertz CT molecular complexity index is 2510. The number of halogens is 1. The zero-order chi connectivity index (χ0) is 26.4. The second-order valence-corrected chi connectivity index (χ2v) is 10.7. The summed E-state index contributed by atoms with van der Waals surface area (Å²) < 4.78 is 6.83. The molecule has 9 rings (SSSR count). The molecule has 3 nitrogen and oxygen atoms in total. The van der Waals surface area contributed by atoms with Crippen LogP contribution in [-0.2, 0) is 0 Å². The van der Waals surface area contributed by atoms with Crippen molar-refractivity contribution in [3.8, 4) is 11.3 Å². The summed E-state index contributed by atoms with van der Waals surface area (Å²) in [5.74, 6) is 0. The van der Waals surface area contributed by atoms with Gasteiger partial charge in [0.2, 0.25) is 0 Å². The summed E-state index contributed by atoms with van der Waals surface area (Å²) >= 11 is 6.90.